The minimum Gasteiger partial charge on any atom is -0.342 e. The smallest absolute Gasteiger partial charge is 0.241 e. The molecule has 0 saturated carbocycles. The van der Waals surface area contributed by atoms with Gasteiger partial charge >= 0.3 is 0 Å². The van der Waals surface area contributed by atoms with Crippen LogP contribution in [-0.4, -0.2) is 36.2 Å². The number of carbonyl (C=O) groups excluding carboxylic acids is 1. The van der Waals surface area contributed by atoms with Crippen LogP contribution in [0, 0.1) is 5.92 Å². The summed E-state index contributed by atoms with van der Waals surface area (Å²) in [5, 5.41) is 0. The van der Waals surface area contributed by atoms with Crippen LogP contribution >= 0.6 is 11.6 Å². The zero-order chi connectivity index (χ0) is 9.84. The average molecular weight is 212 g/mol. The molecule has 0 bridgehead atoms. The molecule has 5 heteroatoms. The highest BCUT2D eigenvalue weighted by Gasteiger charge is 2.27. The molecule has 0 atom stereocenters. The highest BCUT2D eigenvalue weighted by atomic mass is 35.5. The molecule has 76 valence electrons. The van der Waals surface area contributed by atoms with E-state index in [1.165, 1.54) is 0 Å². The molecule has 0 aliphatic carbocycles. The van der Waals surface area contributed by atoms with Crippen LogP contribution in [0.5, 0.6) is 0 Å². The first-order valence-electron chi connectivity index (χ1n) is 4.27. The van der Waals surface area contributed by atoms with Crippen LogP contribution in [0.15, 0.2) is 0 Å². The fourth-order valence-electron chi connectivity index (χ4n) is 1.49. The Kier molecular flexibility index (Phi) is 3.90. The highest BCUT2D eigenvalue weighted by Crippen LogP contribution is 2.23. The van der Waals surface area contributed by atoms with E-state index in [-0.39, 0.29) is 11.8 Å². The second kappa shape index (κ2) is 4.74. The molecule has 1 fully saturated rings. The first-order chi connectivity index (χ1) is 6.15. The standard InChI is InChI=1S/C8H12ClF2NO/c9-5-7(13)12-3-1-6(2-4-12)8(10)11/h6,8H,1-5H2. The van der Waals surface area contributed by atoms with Crippen molar-refractivity contribution in [2.24, 2.45) is 5.92 Å². The van der Waals surface area contributed by atoms with E-state index in [0.717, 1.165) is 0 Å². The summed E-state index contributed by atoms with van der Waals surface area (Å²) in [5.74, 6) is -0.756. The van der Waals surface area contributed by atoms with Crippen LogP contribution in [0.25, 0.3) is 0 Å². The lowest BCUT2D eigenvalue weighted by molar-refractivity contribution is -0.130. The molecule has 0 spiro atoms. The number of amides is 1. The Morgan fingerprint density at radius 2 is 2.00 bits per heavy atom. The molecule has 0 N–H and O–H groups in total. The maximum Gasteiger partial charge on any atom is 0.241 e. The minimum atomic E-state index is -2.26. The van der Waals surface area contributed by atoms with Crippen LogP contribution in [0.2, 0.25) is 0 Å². The van der Waals surface area contributed by atoms with Gasteiger partial charge in [0.1, 0.15) is 5.88 Å². The van der Waals surface area contributed by atoms with Gasteiger partial charge in [-0.15, -0.1) is 11.6 Å². The number of nitrogens with zero attached hydrogens (tertiary/aromatic N) is 1. The summed E-state index contributed by atoms with van der Waals surface area (Å²) in [6.45, 7) is 0.834. The van der Waals surface area contributed by atoms with E-state index in [0.29, 0.717) is 25.9 Å². The molecule has 13 heavy (non-hydrogen) atoms. The van der Waals surface area contributed by atoms with E-state index < -0.39 is 12.3 Å². The van der Waals surface area contributed by atoms with Gasteiger partial charge in [0.05, 0.1) is 0 Å². The number of carbonyl (C=O) groups is 1. The molecule has 0 aromatic carbocycles. The van der Waals surface area contributed by atoms with Crippen molar-refractivity contribution in [3.8, 4) is 0 Å². The molecule has 0 aromatic heterocycles. The number of likely N-dealkylation sites (tertiary alicyclic amines) is 1. The lowest BCUT2D eigenvalue weighted by Crippen LogP contribution is -2.40. The van der Waals surface area contributed by atoms with Crippen LogP contribution in [0.3, 0.4) is 0 Å². The van der Waals surface area contributed by atoms with E-state index in [9.17, 15) is 13.6 Å². The largest absolute Gasteiger partial charge is 0.342 e. The number of piperidine rings is 1. The second-order valence-electron chi connectivity index (χ2n) is 3.19. The Morgan fingerprint density at radius 3 is 2.38 bits per heavy atom. The predicted molar refractivity (Wildman–Crippen MR) is 46.0 cm³/mol. The Labute approximate surface area is 80.8 Å². The molecule has 1 aliphatic heterocycles. The molecule has 1 heterocycles. The molecular formula is C8H12ClF2NO. The van der Waals surface area contributed by atoms with Crippen LogP contribution in [-0.2, 0) is 4.79 Å². The van der Waals surface area contributed by atoms with Gasteiger partial charge in [-0.1, -0.05) is 0 Å². The summed E-state index contributed by atoms with van der Waals surface area (Å²) in [4.78, 5) is 12.6. The van der Waals surface area contributed by atoms with E-state index in [4.69, 9.17) is 11.6 Å². The minimum absolute atomic E-state index is 0.0562. The van der Waals surface area contributed by atoms with Gasteiger partial charge < -0.3 is 4.90 Å². The lowest BCUT2D eigenvalue weighted by Gasteiger charge is -2.31. The van der Waals surface area contributed by atoms with Crippen molar-refractivity contribution in [1.29, 1.82) is 0 Å². The Bertz CT molecular complexity index is 181. The van der Waals surface area contributed by atoms with Gasteiger partial charge in [0.2, 0.25) is 12.3 Å². The Morgan fingerprint density at radius 1 is 1.46 bits per heavy atom. The van der Waals surface area contributed by atoms with Crippen molar-refractivity contribution in [3.63, 3.8) is 0 Å². The molecule has 0 unspecified atom stereocenters. The number of hydrogen-bond donors (Lipinski definition) is 0. The summed E-state index contributed by atoms with van der Waals surface area (Å²) in [7, 11) is 0. The molecule has 1 rings (SSSR count). The normalized spacial score (nSPS) is 19.5. The van der Waals surface area contributed by atoms with Gasteiger partial charge in [0.15, 0.2) is 0 Å². The van der Waals surface area contributed by atoms with Crippen LogP contribution < -0.4 is 0 Å². The molecule has 0 aromatic rings. The number of rotatable bonds is 2. The first-order valence-corrected chi connectivity index (χ1v) is 4.80. The van der Waals surface area contributed by atoms with E-state index in [1.54, 1.807) is 4.90 Å². The molecule has 1 amide bonds. The maximum absolute atomic E-state index is 12.2. The summed E-state index contributed by atoms with van der Waals surface area (Å²) in [6, 6.07) is 0. The number of hydrogen-bond acceptors (Lipinski definition) is 1. The third-order valence-electron chi connectivity index (χ3n) is 2.36. The first kappa shape index (κ1) is 10.7. The molecule has 1 aliphatic rings. The molecular weight excluding hydrogens is 200 g/mol. The molecule has 1 saturated heterocycles. The van der Waals surface area contributed by atoms with Crippen LogP contribution in [0.4, 0.5) is 8.78 Å². The van der Waals surface area contributed by atoms with Gasteiger partial charge in [-0.05, 0) is 12.8 Å². The number of halogens is 3. The zero-order valence-electron chi connectivity index (χ0n) is 7.18. The van der Waals surface area contributed by atoms with Gasteiger partial charge in [0.25, 0.3) is 0 Å². The van der Waals surface area contributed by atoms with Gasteiger partial charge in [0, 0.05) is 19.0 Å². The fourth-order valence-corrected chi connectivity index (χ4v) is 1.65. The van der Waals surface area contributed by atoms with E-state index in [2.05, 4.69) is 0 Å². The second-order valence-corrected chi connectivity index (χ2v) is 3.45. The fraction of sp³-hybridized carbons (Fsp3) is 0.875. The van der Waals surface area contributed by atoms with E-state index in [1.807, 2.05) is 0 Å². The van der Waals surface area contributed by atoms with Crippen molar-refractivity contribution >= 4 is 17.5 Å². The van der Waals surface area contributed by atoms with E-state index >= 15 is 0 Å². The van der Waals surface area contributed by atoms with Crippen molar-refractivity contribution in [3.05, 3.63) is 0 Å². The predicted octanol–water partition coefficient (Wildman–Crippen LogP) is 1.73. The quantitative estimate of drug-likeness (QED) is 0.637. The topological polar surface area (TPSA) is 20.3 Å². The van der Waals surface area contributed by atoms with Crippen molar-refractivity contribution < 1.29 is 13.6 Å². The summed E-state index contributed by atoms with van der Waals surface area (Å²) in [5.41, 5.74) is 0. The lowest BCUT2D eigenvalue weighted by atomic mass is 9.97. The van der Waals surface area contributed by atoms with Gasteiger partial charge in [-0.25, -0.2) is 8.78 Å². The zero-order valence-corrected chi connectivity index (χ0v) is 7.94. The average Bonchev–Trinajstić information content (AvgIpc) is 2.17. The summed E-state index contributed by atoms with van der Waals surface area (Å²) >= 11 is 5.34. The molecule has 0 radical (unpaired) electrons. The van der Waals surface area contributed by atoms with Gasteiger partial charge in [-0.2, -0.15) is 0 Å². The van der Waals surface area contributed by atoms with Gasteiger partial charge in [-0.3, -0.25) is 4.79 Å². The Hall–Kier alpha value is -0.380. The maximum atomic E-state index is 12.2. The monoisotopic (exact) mass is 211 g/mol. The Balaban J connectivity index is 2.34. The van der Waals surface area contributed by atoms with Crippen molar-refractivity contribution in [1.82, 2.24) is 4.90 Å². The summed E-state index contributed by atoms with van der Waals surface area (Å²) < 4.78 is 24.4. The third kappa shape index (κ3) is 2.79. The third-order valence-corrected chi connectivity index (χ3v) is 2.59. The molecule has 2 nitrogen and oxygen atoms in total. The van der Waals surface area contributed by atoms with Crippen LogP contribution in [0.1, 0.15) is 12.8 Å². The van der Waals surface area contributed by atoms with Crippen molar-refractivity contribution in [2.75, 3.05) is 19.0 Å². The summed E-state index contributed by atoms with van der Waals surface area (Å²) in [6.07, 6.45) is -1.48. The SMILES string of the molecule is O=C(CCl)N1CCC(C(F)F)CC1. The highest BCUT2D eigenvalue weighted by molar-refractivity contribution is 6.27. The van der Waals surface area contributed by atoms with Crippen molar-refractivity contribution in [2.45, 2.75) is 19.3 Å². The number of alkyl halides is 3.